The Bertz CT molecular complexity index is 538. The number of halogens is 1. The standard InChI is InChI=1S/C18H25BrO4/c1-12(2)8-10-16(20)22-15-7-5-6-14(19)18(15)23-17(21)11-9-13(3)4/h5-7,12-13H,8-11H2,1-4H3. The molecule has 0 atom stereocenters. The van der Waals surface area contributed by atoms with E-state index in [1.807, 2.05) is 27.7 Å². The average molecular weight is 385 g/mol. The minimum atomic E-state index is -0.329. The van der Waals surface area contributed by atoms with Gasteiger partial charge in [0.2, 0.25) is 0 Å². The molecule has 0 unspecified atom stereocenters. The highest BCUT2D eigenvalue weighted by molar-refractivity contribution is 9.10. The van der Waals surface area contributed by atoms with Crippen molar-refractivity contribution in [3.8, 4) is 11.5 Å². The molecular weight excluding hydrogens is 360 g/mol. The maximum absolute atomic E-state index is 11.9. The van der Waals surface area contributed by atoms with E-state index < -0.39 is 0 Å². The number of rotatable bonds is 8. The van der Waals surface area contributed by atoms with E-state index in [1.165, 1.54) is 0 Å². The average Bonchev–Trinajstić information content (AvgIpc) is 2.46. The quantitative estimate of drug-likeness (QED) is 0.460. The molecular formula is C18H25BrO4. The molecule has 0 spiro atoms. The van der Waals surface area contributed by atoms with Crippen LogP contribution >= 0.6 is 15.9 Å². The van der Waals surface area contributed by atoms with Crippen LogP contribution in [0.3, 0.4) is 0 Å². The van der Waals surface area contributed by atoms with Crippen LogP contribution in [0.2, 0.25) is 0 Å². The van der Waals surface area contributed by atoms with Crippen LogP contribution in [0.5, 0.6) is 11.5 Å². The summed E-state index contributed by atoms with van der Waals surface area (Å²) in [5.41, 5.74) is 0. The molecule has 23 heavy (non-hydrogen) atoms. The lowest BCUT2D eigenvalue weighted by Gasteiger charge is -2.13. The topological polar surface area (TPSA) is 52.6 Å². The van der Waals surface area contributed by atoms with Gasteiger partial charge in [-0.3, -0.25) is 9.59 Å². The normalized spacial score (nSPS) is 10.9. The molecule has 0 saturated heterocycles. The lowest BCUT2D eigenvalue weighted by atomic mass is 10.1. The van der Waals surface area contributed by atoms with Crippen LogP contribution in [0.25, 0.3) is 0 Å². The van der Waals surface area contributed by atoms with Crippen LogP contribution in [0.1, 0.15) is 53.4 Å². The molecule has 0 saturated carbocycles. The number of hydrogen-bond donors (Lipinski definition) is 0. The lowest BCUT2D eigenvalue weighted by Crippen LogP contribution is -2.13. The van der Waals surface area contributed by atoms with Gasteiger partial charge in [-0.25, -0.2) is 0 Å². The molecule has 1 aromatic rings. The zero-order chi connectivity index (χ0) is 17.4. The highest BCUT2D eigenvalue weighted by Crippen LogP contribution is 2.36. The molecule has 1 rings (SSSR count). The smallest absolute Gasteiger partial charge is 0.311 e. The molecule has 1 aromatic carbocycles. The van der Waals surface area contributed by atoms with Crippen LogP contribution in [-0.2, 0) is 9.59 Å². The Balaban J connectivity index is 2.75. The second kappa shape index (κ2) is 9.71. The third-order valence-corrected chi connectivity index (χ3v) is 3.85. The molecule has 0 amide bonds. The fourth-order valence-electron chi connectivity index (χ4n) is 1.82. The molecule has 4 nitrogen and oxygen atoms in total. The summed E-state index contributed by atoms with van der Waals surface area (Å²) in [4.78, 5) is 23.8. The van der Waals surface area contributed by atoms with E-state index in [9.17, 15) is 9.59 Å². The first-order valence-corrected chi connectivity index (χ1v) is 8.78. The number of para-hydroxylation sites is 1. The van der Waals surface area contributed by atoms with Gasteiger partial charge in [-0.15, -0.1) is 0 Å². The van der Waals surface area contributed by atoms with Gasteiger partial charge in [0.15, 0.2) is 11.5 Å². The van der Waals surface area contributed by atoms with Gasteiger partial charge in [0.05, 0.1) is 4.47 Å². The maximum atomic E-state index is 11.9. The summed E-state index contributed by atoms with van der Waals surface area (Å²) in [6, 6.07) is 5.11. The first-order valence-electron chi connectivity index (χ1n) is 7.99. The van der Waals surface area contributed by atoms with Crippen molar-refractivity contribution in [2.45, 2.75) is 53.4 Å². The van der Waals surface area contributed by atoms with Gasteiger partial charge in [0.1, 0.15) is 0 Å². The van der Waals surface area contributed by atoms with E-state index in [1.54, 1.807) is 18.2 Å². The number of benzene rings is 1. The first-order chi connectivity index (χ1) is 10.8. The van der Waals surface area contributed by atoms with Gasteiger partial charge in [0.25, 0.3) is 0 Å². The number of esters is 2. The summed E-state index contributed by atoms with van der Waals surface area (Å²) in [6.07, 6.45) is 2.19. The van der Waals surface area contributed by atoms with Crippen molar-refractivity contribution >= 4 is 27.9 Å². The van der Waals surface area contributed by atoms with Crippen molar-refractivity contribution in [2.75, 3.05) is 0 Å². The Morgan fingerprint density at radius 3 is 2.00 bits per heavy atom. The van der Waals surface area contributed by atoms with Crippen molar-refractivity contribution in [2.24, 2.45) is 11.8 Å². The zero-order valence-electron chi connectivity index (χ0n) is 14.2. The van der Waals surface area contributed by atoms with Crippen LogP contribution in [0.4, 0.5) is 0 Å². The minimum Gasteiger partial charge on any atom is -0.422 e. The zero-order valence-corrected chi connectivity index (χ0v) is 15.8. The second-order valence-electron chi connectivity index (χ2n) is 6.38. The van der Waals surface area contributed by atoms with E-state index in [4.69, 9.17) is 9.47 Å². The summed E-state index contributed by atoms with van der Waals surface area (Å²) in [5, 5.41) is 0. The van der Waals surface area contributed by atoms with Gasteiger partial charge >= 0.3 is 11.9 Å². The summed E-state index contributed by atoms with van der Waals surface area (Å²) in [7, 11) is 0. The van der Waals surface area contributed by atoms with E-state index in [0.717, 1.165) is 12.8 Å². The molecule has 0 N–H and O–H groups in total. The van der Waals surface area contributed by atoms with Crippen molar-refractivity contribution in [1.82, 2.24) is 0 Å². The summed E-state index contributed by atoms with van der Waals surface area (Å²) >= 11 is 3.34. The SMILES string of the molecule is CC(C)CCC(=O)Oc1cccc(Br)c1OC(=O)CCC(C)C. The van der Waals surface area contributed by atoms with E-state index in [2.05, 4.69) is 15.9 Å². The molecule has 0 aliphatic heterocycles. The van der Waals surface area contributed by atoms with Crippen molar-refractivity contribution in [3.05, 3.63) is 22.7 Å². The Morgan fingerprint density at radius 1 is 0.957 bits per heavy atom. The Hall–Kier alpha value is -1.36. The predicted molar refractivity (Wildman–Crippen MR) is 93.6 cm³/mol. The highest BCUT2D eigenvalue weighted by Gasteiger charge is 2.17. The van der Waals surface area contributed by atoms with Crippen molar-refractivity contribution in [1.29, 1.82) is 0 Å². The summed E-state index contributed by atoms with van der Waals surface area (Å²) in [5.74, 6) is 0.736. The number of carbonyl (C=O) groups is 2. The minimum absolute atomic E-state index is 0.263. The predicted octanol–water partition coefficient (Wildman–Crippen LogP) is 5.13. The number of hydrogen-bond acceptors (Lipinski definition) is 4. The van der Waals surface area contributed by atoms with Gasteiger partial charge in [-0.1, -0.05) is 33.8 Å². The highest BCUT2D eigenvalue weighted by atomic mass is 79.9. The largest absolute Gasteiger partial charge is 0.422 e. The van der Waals surface area contributed by atoms with Gasteiger partial charge in [-0.05, 0) is 52.7 Å². The monoisotopic (exact) mass is 384 g/mol. The lowest BCUT2D eigenvalue weighted by molar-refractivity contribution is -0.137. The van der Waals surface area contributed by atoms with Gasteiger partial charge < -0.3 is 9.47 Å². The first kappa shape index (κ1) is 19.7. The van der Waals surface area contributed by atoms with Gasteiger partial charge in [0, 0.05) is 12.8 Å². The fourth-order valence-corrected chi connectivity index (χ4v) is 2.25. The van der Waals surface area contributed by atoms with E-state index >= 15 is 0 Å². The maximum Gasteiger partial charge on any atom is 0.311 e. The Morgan fingerprint density at radius 2 is 1.48 bits per heavy atom. The van der Waals surface area contributed by atoms with E-state index in [-0.39, 0.29) is 23.4 Å². The van der Waals surface area contributed by atoms with Crippen molar-refractivity contribution in [3.63, 3.8) is 0 Å². The second-order valence-corrected chi connectivity index (χ2v) is 7.23. The molecule has 0 radical (unpaired) electrons. The summed E-state index contributed by atoms with van der Waals surface area (Å²) < 4.78 is 11.3. The fraction of sp³-hybridized carbons (Fsp3) is 0.556. The Labute approximate surface area is 146 Å². The van der Waals surface area contributed by atoms with Crippen molar-refractivity contribution < 1.29 is 19.1 Å². The molecule has 128 valence electrons. The van der Waals surface area contributed by atoms with Crippen LogP contribution in [0.15, 0.2) is 22.7 Å². The number of ether oxygens (including phenoxy) is 2. The van der Waals surface area contributed by atoms with E-state index in [0.29, 0.717) is 29.2 Å². The summed E-state index contributed by atoms with van der Waals surface area (Å²) in [6.45, 7) is 8.20. The molecule has 0 aromatic heterocycles. The van der Waals surface area contributed by atoms with Crippen LogP contribution < -0.4 is 9.47 Å². The molecule has 0 bridgehead atoms. The van der Waals surface area contributed by atoms with Crippen LogP contribution in [0, 0.1) is 11.8 Å². The molecule has 0 aliphatic rings. The molecule has 0 aliphatic carbocycles. The Kier molecular flexibility index (Phi) is 8.31. The van der Waals surface area contributed by atoms with Gasteiger partial charge in [-0.2, -0.15) is 0 Å². The third-order valence-electron chi connectivity index (χ3n) is 3.22. The third kappa shape index (κ3) is 7.64. The molecule has 0 fully saturated rings. The number of carbonyl (C=O) groups excluding carboxylic acids is 2. The van der Waals surface area contributed by atoms with Crippen LogP contribution in [-0.4, -0.2) is 11.9 Å². The molecule has 0 heterocycles. The molecule has 5 heteroatoms.